The molecule has 3 aromatic rings. The lowest BCUT2D eigenvalue weighted by Gasteiger charge is -2.31. The average molecular weight is 415 g/mol. The third kappa shape index (κ3) is 3.50. The van der Waals surface area contributed by atoms with Crippen molar-refractivity contribution in [3.05, 3.63) is 87.7 Å². The molecule has 1 unspecified atom stereocenters. The molecule has 4 nitrogen and oxygen atoms in total. The topological polar surface area (TPSA) is 34.5 Å². The number of aromatic nitrogens is 1. The molecule has 28 heavy (non-hydrogen) atoms. The van der Waals surface area contributed by atoms with Gasteiger partial charge in [0.05, 0.1) is 23.2 Å². The molecular weight excluding hydrogens is 395 g/mol. The van der Waals surface area contributed by atoms with Crippen LogP contribution in [0.1, 0.15) is 34.1 Å². The third-order valence-corrected chi connectivity index (χ3v) is 5.85. The van der Waals surface area contributed by atoms with Crippen LogP contribution in [-0.4, -0.2) is 29.0 Å². The van der Waals surface area contributed by atoms with E-state index in [4.69, 9.17) is 27.9 Å². The van der Waals surface area contributed by atoms with E-state index in [0.717, 1.165) is 30.0 Å². The molecule has 6 heteroatoms. The maximum Gasteiger partial charge on any atom is 0.254 e. The summed E-state index contributed by atoms with van der Waals surface area (Å²) in [6.07, 6.45) is 2.93. The number of benzene rings is 2. The first-order valence-corrected chi connectivity index (χ1v) is 9.89. The van der Waals surface area contributed by atoms with Gasteiger partial charge < -0.3 is 14.2 Å². The number of aryl methyl sites for hydroxylation is 1. The number of nitrogens with zero attached hydrogens (tertiary/aromatic N) is 2. The van der Waals surface area contributed by atoms with E-state index in [-0.39, 0.29) is 11.9 Å². The largest absolute Gasteiger partial charge is 0.497 e. The summed E-state index contributed by atoms with van der Waals surface area (Å²) in [5.74, 6) is 0.704. The first-order chi connectivity index (χ1) is 13.6. The minimum absolute atomic E-state index is 0.0200. The van der Waals surface area contributed by atoms with Crippen molar-refractivity contribution >= 4 is 29.1 Å². The van der Waals surface area contributed by atoms with Gasteiger partial charge >= 0.3 is 0 Å². The quantitative estimate of drug-likeness (QED) is 0.571. The summed E-state index contributed by atoms with van der Waals surface area (Å²) in [7, 11) is 1.61. The third-order valence-electron chi connectivity index (χ3n) is 5.11. The lowest BCUT2D eigenvalue weighted by molar-refractivity contribution is 0.0709. The molecular formula is C22H20Cl2N2O2. The Kier molecular flexibility index (Phi) is 5.33. The molecule has 2 heterocycles. The van der Waals surface area contributed by atoms with Crippen LogP contribution in [0.2, 0.25) is 10.0 Å². The second-order valence-corrected chi connectivity index (χ2v) is 7.60. The van der Waals surface area contributed by atoms with Crippen LogP contribution in [0.15, 0.2) is 60.8 Å². The Labute approximate surface area is 174 Å². The number of methoxy groups -OCH3 is 1. The van der Waals surface area contributed by atoms with Crippen molar-refractivity contribution in [2.24, 2.45) is 0 Å². The first kappa shape index (κ1) is 18.9. The molecule has 0 aliphatic carbocycles. The van der Waals surface area contributed by atoms with E-state index in [1.54, 1.807) is 25.3 Å². The second-order valence-electron chi connectivity index (χ2n) is 6.78. The number of hydrogen-bond donors (Lipinski definition) is 0. The van der Waals surface area contributed by atoms with Crippen molar-refractivity contribution in [3.8, 4) is 5.75 Å². The summed E-state index contributed by atoms with van der Waals surface area (Å²) in [6, 6.07) is 16.6. The summed E-state index contributed by atoms with van der Waals surface area (Å²) < 4.78 is 7.41. The van der Waals surface area contributed by atoms with Gasteiger partial charge in [0.1, 0.15) is 5.75 Å². The van der Waals surface area contributed by atoms with E-state index >= 15 is 0 Å². The van der Waals surface area contributed by atoms with Gasteiger partial charge in [0.25, 0.3) is 5.91 Å². The summed E-state index contributed by atoms with van der Waals surface area (Å²) in [5.41, 5.74) is 2.64. The zero-order chi connectivity index (χ0) is 19.7. The highest BCUT2D eigenvalue weighted by Crippen LogP contribution is 2.35. The monoisotopic (exact) mass is 414 g/mol. The number of ether oxygens (including phenoxy) is 1. The predicted molar refractivity (Wildman–Crippen MR) is 111 cm³/mol. The van der Waals surface area contributed by atoms with Crippen molar-refractivity contribution in [2.75, 3.05) is 13.7 Å². The lowest BCUT2D eigenvalue weighted by Crippen LogP contribution is -2.35. The highest BCUT2D eigenvalue weighted by Gasteiger charge is 2.31. The molecule has 2 aromatic carbocycles. The molecule has 0 spiro atoms. The van der Waals surface area contributed by atoms with Gasteiger partial charge in [-0.3, -0.25) is 4.79 Å². The normalized spacial score (nSPS) is 16.4. The van der Waals surface area contributed by atoms with Crippen LogP contribution < -0.4 is 4.74 Å². The van der Waals surface area contributed by atoms with Crippen molar-refractivity contribution < 1.29 is 9.53 Å². The van der Waals surface area contributed by atoms with Gasteiger partial charge in [-0.05, 0) is 60.5 Å². The van der Waals surface area contributed by atoms with Gasteiger partial charge in [-0.2, -0.15) is 0 Å². The van der Waals surface area contributed by atoms with Crippen LogP contribution in [-0.2, 0) is 6.54 Å². The molecule has 144 valence electrons. The molecule has 1 amide bonds. The fourth-order valence-electron chi connectivity index (χ4n) is 3.73. The van der Waals surface area contributed by atoms with E-state index in [2.05, 4.69) is 16.8 Å². The van der Waals surface area contributed by atoms with E-state index in [1.165, 1.54) is 0 Å². The number of carbonyl (C=O) groups excluding carboxylic acids is 1. The summed E-state index contributed by atoms with van der Waals surface area (Å²) in [6.45, 7) is 1.52. The number of rotatable bonds is 3. The molecule has 0 saturated heterocycles. The van der Waals surface area contributed by atoms with Gasteiger partial charge in [-0.1, -0.05) is 29.3 Å². The Morgan fingerprint density at radius 1 is 1.04 bits per heavy atom. The van der Waals surface area contributed by atoms with E-state index < -0.39 is 0 Å². The summed E-state index contributed by atoms with van der Waals surface area (Å²) >= 11 is 12.4. The molecule has 4 rings (SSSR count). The lowest BCUT2D eigenvalue weighted by atomic mass is 10.0. The van der Waals surface area contributed by atoms with Gasteiger partial charge in [-0.25, -0.2) is 0 Å². The van der Waals surface area contributed by atoms with Crippen molar-refractivity contribution in [2.45, 2.75) is 19.0 Å². The maximum absolute atomic E-state index is 13.4. The van der Waals surface area contributed by atoms with Gasteiger partial charge in [0.2, 0.25) is 0 Å². The minimum Gasteiger partial charge on any atom is -0.497 e. The van der Waals surface area contributed by atoms with Gasteiger partial charge in [-0.15, -0.1) is 0 Å². The molecule has 1 aromatic heterocycles. The number of hydrogen-bond acceptors (Lipinski definition) is 2. The van der Waals surface area contributed by atoms with Crippen LogP contribution in [0.5, 0.6) is 5.75 Å². The van der Waals surface area contributed by atoms with E-state index in [9.17, 15) is 4.79 Å². The number of fused-ring (bicyclic) bond motifs is 1. The Bertz CT molecular complexity index is 998. The molecule has 1 aliphatic heterocycles. The highest BCUT2D eigenvalue weighted by molar-refractivity contribution is 6.42. The molecule has 0 bridgehead atoms. The van der Waals surface area contributed by atoms with Crippen LogP contribution in [0.4, 0.5) is 0 Å². The smallest absolute Gasteiger partial charge is 0.254 e. The van der Waals surface area contributed by atoms with Crippen molar-refractivity contribution in [3.63, 3.8) is 0 Å². The molecule has 1 aliphatic rings. The number of halogens is 2. The Hall–Kier alpha value is -2.43. The highest BCUT2D eigenvalue weighted by atomic mass is 35.5. The zero-order valence-corrected chi connectivity index (χ0v) is 17.0. The van der Waals surface area contributed by atoms with Crippen LogP contribution in [0.3, 0.4) is 0 Å². The molecule has 1 atom stereocenters. The van der Waals surface area contributed by atoms with Crippen LogP contribution >= 0.6 is 23.2 Å². The molecule has 0 radical (unpaired) electrons. The summed E-state index contributed by atoms with van der Waals surface area (Å²) in [5, 5.41) is 0.987. The van der Waals surface area contributed by atoms with Gasteiger partial charge in [0.15, 0.2) is 0 Å². The Morgan fingerprint density at radius 3 is 2.54 bits per heavy atom. The first-order valence-electron chi connectivity index (χ1n) is 9.13. The Balaban J connectivity index is 1.78. The molecule has 0 N–H and O–H groups in total. The van der Waals surface area contributed by atoms with Crippen LogP contribution in [0.25, 0.3) is 0 Å². The standard InChI is InChI=1S/C22H20Cl2N2O2/c1-28-17-8-5-15(6-9-17)22(27)26-13-3-12-25-11-2-4-20(25)21(26)16-7-10-18(23)19(24)14-16/h2,4-11,14,21H,3,12-13H2,1H3. The average Bonchev–Trinajstić information content (AvgIpc) is 3.09. The van der Waals surface area contributed by atoms with Crippen molar-refractivity contribution in [1.29, 1.82) is 0 Å². The van der Waals surface area contributed by atoms with Crippen molar-refractivity contribution in [1.82, 2.24) is 9.47 Å². The molecule has 0 fully saturated rings. The fraction of sp³-hybridized carbons (Fsp3) is 0.227. The fourth-order valence-corrected chi connectivity index (χ4v) is 4.04. The second kappa shape index (κ2) is 7.90. The SMILES string of the molecule is COc1ccc(C(=O)N2CCCn3cccc3C2c2ccc(Cl)c(Cl)c2)cc1. The predicted octanol–water partition coefficient (Wildman–Crippen LogP) is 5.44. The van der Waals surface area contributed by atoms with E-state index in [1.807, 2.05) is 35.2 Å². The zero-order valence-electron chi connectivity index (χ0n) is 15.4. The maximum atomic E-state index is 13.4. The number of carbonyl (C=O) groups is 1. The van der Waals surface area contributed by atoms with Crippen LogP contribution in [0, 0.1) is 0 Å². The number of amides is 1. The Morgan fingerprint density at radius 2 is 1.82 bits per heavy atom. The summed E-state index contributed by atoms with van der Waals surface area (Å²) in [4.78, 5) is 15.4. The van der Waals surface area contributed by atoms with Gasteiger partial charge in [0, 0.05) is 30.5 Å². The van der Waals surface area contributed by atoms with E-state index in [0.29, 0.717) is 22.2 Å². The minimum atomic E-state index is -0.234. The molecule has 0 saturated carbocycles.